The topological polar surface area (TPSA) is 107 Å². The number of carbonyl (C=O) groups is 2. The zero-order chi connectivity index (χ0) is 20.8. The number of hydrogen-bond acceptors (Lipinski definition) is 4. The van der Waals surface area contributed by atoms with Crippen molar-refractivity contribution in [3.63, 3.8) is 0 Å². The maximum absolute atomic E-state index is 12.2. The Morgan fingerprint density at radius 2 is 1.76 bits per heavy atom. The lowest BCUT2D eigenvalue weighted by Crippen LogP contribution is -2.23. The first-order chi connectivity index (χ1) is 13.9. The quantitative estimate of drug-likeness (QED) is 0.624. The number of nitrogens with zero attached hydrogens (tertiary/aromatic N) is 2. The summed E-state index contributed by atoms with van der Waals surface area (Å²) in [7, 11) is 0. The lowest BCUT2D eigenvalue weighted by molar-refractivity contribution is -0.116. The average Bonchev–Trinajstić information content (AvgIpc) is 2.70. The SMILES string of the molecule is NC(=O)c1ccccc1NC(=O)CCCn1nc(-c2ccc(Cl)cc2)ccc1=O. The molecule has 0 atom stereocenters. The minimum Gasteiger partial charge on any atom is -0.366 e. The summed E-state index contributed by atoms with van der Waals surface area (Å²) in [6.45, 7) is 0.283. The van der Waals surface area contributed by atoms with E-state index in [-0.39, 0.29) is 30.0 Å². The van der Waals surface area contributed by atoms with Gasteiger partial charge >= 0.3 is 0 Å². The van der Waals surface area contributed by atoms with Gasteiger partial charge < -0.3 is 11.1 Å². The normalized spacial score (nSPS) is 10.5. The van der Waals surface area contributed by atoms with Gasteiger partial charge in [0.2, 0.25) is 5.91 Å². The molecule has 0 aliphatic rings. The third kappa shape index (κ3) is 5.30. The Labute approximate surface area is 172 Å². The Morgan fingerprint density at radius 1 is 1.03 bits per heavy atom. The van der Waals surface area contributed by atoms with Crippen molar-refractivity contribution < 1.29 is 9.59 Å². The van der Waals surface area contributed by atoms with Gasteiger partial charge in [-0.2, -0.15) is 5.10 Å². The maximum atomic E-state index is 12.2. The molecule has 3 rings (SSSR count). The van der Waals surface area contributed by atoms with Crippen LogP contribution < -0.4 is 16.6 Å². The van der Waals surface area contributed by atoms with Gasteiger partial charge in [0.1, 0.15) is 0 Å². The van der Waals surface area contributed by atoms with E-state index in [0.717, 1.165) is 5.56 Å². The van der Waals surface area contributed by atoms with Crippen molar-refractivity contribution in [1.82, 2.24) is 9.78 Å². The fourth-order valence-electron chi connectivity index (χ4n) is 2.79. The van der Waals surface area contributed by atoms with E-state index in [0.29, 0.717) is 22.8 Å². The summed E-state index contributed by atoms with van der Waals surface area (Å²) >= 11 is 5.90. The number of anilines is 1. The highest BCUT2D eigenvalue weighted by Crippen LogP contribution is 2.18. The first-order valence-electron chi connectivity index (χ1n) is 8.97. The Balaban J connectivity index is 1.62. The number of hydrogen-bond donors (Lipinski definition) is 2. The molecule has 0 unspecified atom stereocenters. The molecule has 3 N–H and O–H groups in total. The number of para-hydroxylation sites is 1. The van der Waals surface area contributed by atoms with Crippen molar-refractivity contribution in [3.05, 3.63) is 81.6 Å². The van der Waals surface area contributed by atoms with E-state index in [9.17, 15) is 14.4 Å². The second-order valence-electron chi connectivity index (χ2n) is 6.35. The highest BCUT2D eigenvalue weighted by Gasteiger charge is 2.10. The van der Waals surface area contributed by atoms with Crippen LogP contribution in [0.15, 0.2) is 65.5 Å². The molecule has 2 amide bonds. The van der Waals surface area contributed by atoms with E-state index in [1.807, 2.05) is 12.1 Å². The van der Waals surface area contributed by atoms with Gasteiger partial charge in [0, 0.05) is 29.6 Å². The maximum Gasteiger partial charge on any atom is 0.266 e. The number of primary amides is 1. The molecule has 8 heteroatoms. The molecule has 0 saturated carbocycles. The van der Waals surface area contributed by atoms with E-state index in [1.54, 1.807) is 42.5 Å². The number of aromatic nitrogens is 2. The molecule has 0 radical (unpaired) electrons. The summed E-state index contributed by atoms with van der Waals surface area (Å²) in [4.78, 5) is 35.7. The summed E-state index contributed by atoms with van der Waals surface area (Å²) in [5, 5.41) is 7.65. The second-order valence-corrected chi connectivity index (χ2v) is 6.78. The van der Waals surface area contributed by atoms with Gasteiger partial charge in [0.05, 0.1) is 16.9 Å². The minimum absolute atomic E-state index is 0.159. The Morgan fingerprint density at radius 3 is 2.48 bits per heavy atom. The standard InChI is InChI=1S/C21H19ClN4O3/c22-15-9-7-14(8-10-15)17-11-12-20(28)26(25-17)13-3-6-19(27)24-18-5-2-1-4-16(18)21(23)29/h1-2,4-5,7-12H,3,6,13H2,(H2,23,29)(H,24,27). The number of amides is 2. The molecule has 0 saturated heterocycles. The molecule has 0 bridgehead atoms. The van der Waals surface area contributed by atoms with Crippen LogP contribution in [-0.4, -0.2) is 21.6 Å². The Bertz CT molecular complexity index is 1090. The Kier molecular flexibility index (Phi) is 6.41. The van der Waals surface area contributed by atoms with Crippen molar-refractivity contribution in [3.8, 4) is 11.3 Å². The molecule has 1 aromatic heterocycles. The zero-order valence-electron chi connectivity index (χ0n) is 15.5. The molecular formula is C21H19ClN4O3. The highest BCUT2D eigenvalue weighted by molar-refractivity contribution is 6.30. The van der Waals surface area contributed by atoms with Crippen LogP contribution in [0.2, 0.25) is 5.02 Å². The summed E-state index contributed by atoms with van der Waals surface area (Å²) in [6.07, 6.45) is 0.563. The number of rotatable bonds is 7. The molecule has 1 heterocycles. The molecule has 7 nitrogen and oxygen atoms in total. The number of carbonyl (C=O) groups excluding carboxylic acids is 2. The van der Waals surface area contributed by atoms with Crippen molar-refractivity contribution in [2.75, 3.05) is 5.32 Å². The summed E-state index contributed by atoms with van der Waals surface area (Å²) in [5.74, 6) is -0.892. The van der Waals surface area contributed by atoms with E-state index < -0.39 is 5.91 Å². The van der Waals surface area contributed by atoms with Crippen LogP contribution in [0.25, 0.3) is 11.3 Å². The Hall–Kier alpha value is -3.45. The van der Waals surface area contributed by atoms with Crippen LogP contribution in [0, 0.1) is 0 Å². The predicted molar refractivity (Wildman–Crippen MR) is 112 cm³/mol. The first kappa shape index (κ1) is 20.3. The number of aryl methyl sites for hydroxylation is 1. The largest absolute Gasteiger partial charge is 0.366 e. The van der Waals surface area contributed by atoms with Crippen LogP contribution in [0.4, 0.5) is 5.69 Å². The number of benzene rings is 2. The van der Waals surface area contributed by atoms with Gasteiger partial charge in [-0.3, -0.25) is 14.4 Å². The van der Waals surface area contributed by atoms with Gasteiger partial charge in [0.15, 0.2) is 0 Å². The van der Waals surface area contributed by atoms with Crippen molar-refractivity contribution in [2.45, 2.75) is 19.4 Å². The monoisotopic (exact) mass is 410 g/mol. The van der Waals surface area contributed by atoms with Crippen LogP contribution in [-0.2, 0) is 11.3 Å². The van der Waals surface area contributed by atoms with Gasteiger partial charge in [-0.15, -0.1) is 0 Å². The van der Waals surface area contributed by atoms with E-state index in [2.05, 4.69) is 10.4 Å². The summed E-state index contributed by atoms with van der Waals surface area (Å²) < 4.78 is 1.33. The van der Waals surface area contributed by atoms with Crippen LogP contribution in [0.5, 0.6) is 0 Å². The highest BCUT2D eigenvalue weighted by atomic mass is 35.5. The third-order valence-electron chi connectivity index (χ3n) is 4.25. The lowest BCUT2D eigenvalue weighted by atomic mass is 10.1. The molecule has 29 heavy (non-hydrogen) atoms. The summed E-state index contributed by atoms with van der Waals surface area (Å²) in [6, 6.07) is 16.8. The van der Waals surface area contributed by atoms with Gasteiger partial charge in [-0.05, 0) is 36.8 Å². The molecule has 2 aromatic carbocycles. The molecule has 0 aliphatic heterocycles. The first-order valence-corrected chi connectivity index (χ1v) is 9.34. The van der Waals surface area contributed by atoms with E-state index >= 15 is 0 Å². The smallest absolute Gasteiger partial charge is 0.266 e. The molecule has 0 spiro atoms. The molecular weight excluding hydrogens is 392 g/mol. The van der Waals surface area contributed by atoms with Crippen LogP contribution in [0.1, 0.15) is 23.2 Å². The summed E-state index contributed by atoms with van der Waals surface area (Å²) in [5.41, 5.74) is 7.15. The second kappa shape index (κ2) is 9.16. The van der Waals surface area contributed by atoms with E-state index in [1.165, 1.54) is 10.7 Å². The average molecular weight is 411 g/mol. The number of halogens is 1. The molecule has 148 valence electrons. The van der Waals surface area contributed by atoms with Crippen molar-refractivity contribution >= 4 is 29.1 Å². The van der Waals surface area contributed by atoms with Gasteiger partial charge in [-0.25, -0.2) is 4.68 Å². The number of nitrogens with two attached hydrogens (primary N) is 1. The number of nitrogens with one attached hydrogen (secondary N) is 1. The zero-order valence-corrected chi connectivity index (χ0v) is 16.2. The van der Waals surface area contributed by atoms with Gasteiger partial charge in [-0.1, -0.05) is 35.9 Å². The third-order valence-corrected chi connectivity index (χ3v) is 4.50. The fraction of sp³-hybridized carbons (Fsp3) is 0.143. The van der Waals surface area contributed by atoms with Crippen LogP contribution in [0.3, 0.4) is 0 Å². The molecule has 3 aromatic rings. The molecule has 0 fully saturated rings. The fourth-order valence-corrected chi connectivity index (χ4v) is 2.92. The van der Waals surface area contributed by atoms with E-state index in [4.69, 9.17) is 17.3 Å². The minimum atomic E-state index is -0.615. The van der Waals surface area contributed by atoms with Crippen LogP contribution >= 0.6 is 11.6 Å². The predicted octanol–water partition coefficient (Wildman–Crippen LogP) is 3.08. The lowest BCUT2D eigenvalue weighted by Gasteiger charge is -2.10. The van der Waals surface area contributed by atoms with Crippen molar-refractivity contribution in [2.24, 2.45) is 5.73 Å². The molecule has 0 aliphatic carbocycles. The van der Waals surface area contributed by atoms with Gasteiger partial charge in [0.25, 0.3) is 11.5 Å². The van der Waals surface area contributed by atoms with Crippen molar-refractivity contribution in [1.29, 1.82) is 0 Å².